The van der Waals surface area contributed by atoms with Gasteiger partial charge in [0.2, 0.25) is 4.45 Å². The molecule has 40 heavy (non-hydrogen) atoms. The van der Waals surface area contributed by atoms with Gasteiger partial charge >= 0.3 is 18.2 Å². The predicted molar refractivity (Wildman–Crippen MR) is 155 cm³/mol. The number of carbonyl (C=O) groups excluding carboxylic acids is 2. The van der Waals surface area contributed by atoms with Crippen LogP contribution in [0.25, 0.3) is 0 Å². The summed E-state index contributed by atoms with van der Waals surface area (Å²) in [5, 5.41) is 11.1. The number of carboxylic acid groups (broad SMARTS) is 1. The fourth-order valence-corrected chi connectivity index (χ4v) is 4.63. The molecule has 0 radical (unpaired) electrons. The Balaban J connectivity index is 1.82. The van der Waals surface area contributed by atoms with Gasteiger partial charge in [-0.3, -0.25) is 0 Å². The normalized spacial score (nSPS) is 12.7. The molecule has 1 N–H and O–H groups in total. The van der Waals surface area contributed by atoms with E-state index in [4.69, 9.17) is 37.4 Å². The highest BCUT2D eigenvalue weighted by atomic mass is 79.9. The molecular weight excluding hydrogens is 625 g/mol. The molecule has 8 nitrogen and oxygen atoms in total. The van der Waals surface area contributed by atoms with Crippen LogP contribution in [0, 0.1) is 0 Å². The lowest BCUT2D eigenvalue weighted by Gasteiger charge is -2.35. The van der Waals surface area contributed by atoms with Crippen molar-refractivity contribution in [3.8, 4) is 5.75 Å². The molecule has 0 aliphatic heterocycles. The third kappa shape index (κ3) is 8.36. The Bertz CT molecular complexity index is 1330. The summed E-state index contributed by atoms with van der Waals surface area (Å²) in [7, 11) is 0. The van der Waals surface area contributed by atoms with E-state index in [0.717, 1.165) is 0 Å². The highest BCUT2D eigenvalue weighted by Crippen LogP contribution is 2.33. The number of carbonyl (C=O) groups is 3. The minimum Gasteiger partial charge on any atom is -0.489 e. The van der Waals surface area contributed by atoms with Crippen LogP contribution in [0.3, 0.4) is 0 Å². The van der Waals surface area contributed by atoms with E-state index in [2.05, 4.69) is 15.9 Å². The molecular formula is C29H28BrCl2NO7. The van der Waals surface area contributed by atoms with Crippen LogP contribution in [0.15, 0.2) is 72.8 Å². The second kappa shape index (κ2) is 13.4. The monoisotopic (exact) mass is 651 g/mol. The SMILES string of the molecule is CC(C)(C)OC(=O)N(C(=O)OCc1ccccc1)[C@@](Br)(Cc1ccc(OCc2c(Cl)cccc2Cl)cc1)C(=O)O. The molecule has 212 valence electrons. The molecule has 2 amide bonds. The van der Waals surface area contributed by atoms with Crippen LogP contribution < -0.4 is 4.74 Å². The van der Waals surface area contributed by atoms with E-state index < -0.39 is 28.2 Å². The van der Waals surface area contributed by atoms with E-state index in [1.807, 2.05) is 0 Å². The minimum absolute atomic E-state index is 0.120. The van der Waals surface area contributed by atoms with Crippen LogP contribution in [0.5, 0.6) is 5.75 Å². The second-order valence-corrected chi connectivity index (χ2v) is 11.9. The quantitative estimate of drug-likeness (QED) is 0.185. The molecule has 0 saturated carbocycles. The molecule has 3 rings (SSSR count). The molecule has 0 heterocycles. The van der Waals surface area contributed by atoms with Crippen molar-refractivity contribution in [2.45, 2.75) is 50.5 Å². The molecule has 0 saturated heterocycles. The van der Waals surface area contributed by atoms with Crippen molar-refractivity contribution in [3.05, 3.63) is 99.5 Å². The number of halogens is 3. The summed E-state index contributed by atoms with van der Waals surface area (Å²) in [5.74, 6) is -1.02. The Morgan fingerprint density at radius 3 is 1.98 bits per heavy atom. The van der Waals surface area contributed by atoms with Gasteiger partial charge in [-0.1, -0.05) is 71.7 Å². The maximum Gasteiger partial charge on any atom is 0.421 e. The first kappa shape index (κ1) is 31.3. The van der Waals surface area contributed by atoms with Crippen LogP contribution in [0.1, 0.15) is 37.5 Å². The third-order valence-electron chi connectivity index (χ3n) is 5.45. The number of aliphatic carboxylic acids is 1. The lowest BCUT2D eigenvalue weighted by atomic mass is 10.0. The lowest BCUT2D eigenvalue weighted by Crippen LogP contribution is -2.58. The Kier molecular flexibility index (Phi) is 10.5. The number of alkyl halides is 1. The number of nitrogens with zero attached hydrogens (tertiary/aromatic N) is 1. The van der Waals surface area contributed by atoms with Crippen LogP contribution >= 0.6 is 39.1 Å². The van der Waals surface area contributed by atoms with Gasteiger partial charge in [0.1, 0.15) is 24.6 Å². The van der Waals surface area contributed by atoms with Crippen LogP contribution in [-0.2, 0) is 33.9 Å². The molecule has 0 aliphatic rings. The van der Waals surface area contributed by atoms with Gasteiger partial charge in [0.15, 0.2) is 0 Å². The first-order chi connectivity index (χ1) is 18.8. The largest absolute Gasteiger partial charge is 0.489 e. The van der Waals surface area contributed by atoms with Gasteiger partial charge in [-0.2, -0.15) is 4.90 Å². The summed E-state index contributed by atoms with van der Waals surface area (Å²) in [6.45, 7) is 4.75. The van der Waals surface area contributed by atoms with Crippen LogP contribution in [-0.4, -0.2) is 38.2 Å². The predicted octanol–water partition coefficient (Wildman–Crippen LogP) is 7.86. The fraction of sp³-hybridized carbons (Fsp3) is 0.276. The fourth-order valence-electron chi connectivity index (χ4n) is 3.51. The highest BCUT2D eigenvalue weighted by Gasteiger charge is 2.51. The van der Waals surface area contributed by atoms with Crippen molar-refractivity contribution >= 4 is 57.3 Å². The Morgan fingerprint density at radius 2 is 1.43 bits per heavy atom. The number of benzene rings is 3. The van der Waals surface area contributed by atoms with Gasteiger partial charge in [0.05, 0.1) is 0 Å². The third-order valence-corrected chi connectivity index (χ3v) is 7.13. The number of hydrogen-bond acceptors (Lipinski definition) is 6. The van der Waals surface area contributed by atoms with Crippen molar-refractivity contribution in [2.24, 2.45) is 0 Å². The van der Waals surface area contributed by atoms with E-state index in [1.165, 1.54) is 0 Å². The Labute approximate surface area is 250 Å². The molecule has 3 aromatic carbocycles. The van der Waals surface area contributed by atoms with E-state index in [9.17, 15) is 19.5 Å². The first-order valence-electron chi connectivity index (χ1n) is 12.1. The smallest absolute Gasteiger partial charge is 0.421 e. The summed E-state index contributed by atoms with van der Waals surface area (Å²) in [4.78, 5) is 39.3. The highest BCUT2D eigenvalue weighted by molar-refractivity contribution is 9.10. The van der Waals surface area contributed by atoms with Crippen molar-refractivity contribution in [1.82, 2.24) is 4.90 Å². The van der Waals surface area contributed by atoms with Crippen LogP contribution in [0.2, 0.25) is 10.0 Å². The first-order valence-corrected chi connectivity index (χ1v) is 13.7. The molecule has 0 unspecified atom stereocenters. The molecule has 0 aliphatic carbocycles. The maximum atomic E-state index is 13.2. The van der Waals surface area contributed by atoms with Gasteiger partial charge in [-0.05, 0) is 72.1 Å². The van der Waals surface area contributed by atoms with Crippen molar-refractivity contribution in [1.29, 1.82) is 0 Å². The number of carboxylic acids is 1. The number of rotatable bonds is 9. The summed E-state index contributed by atoms with van der Waals surface area (Å²) >= 11 is 15.5. The Morgan fingerprint density at radius 1 is 0.825 bits per heavy atom. The van der Waals surface area contributed by atoms with Crippen molar-refractivity contribution < 1.29 is 33.7 Å². The zero-order valence-corrected chi connectivity index (χ0v) is 25.1. The van der Waals surface area contributed by atoms with Crippen LogP contribution in [0.4, 0.5) is 9.59 Å². The minimum atomic E-state index is -2.23. The number of ether oxygens (including phenoxy) is 3. The maximum absolute atomic E-state index is 13.2. The topological polar surface area (TPSA) is 102 Å². The molecule has 0 aromatic heterocycles. The molecule has 0 spiro atoms. The number of amides is 2. The van der Waals surface area contributed by atoms with Gasteiger partial charge in [-0.25, -0.2) is 14.4 Å². The van der Waals surface area contributed by atoms with Crippen molar-refractivity contribution in [3.63, 3.8) is 0 Å². The van der Waals surface area contributed by atoms with E-state index in [0.29, 0.717) is 37.4 Å². The molecule has 11 heteroatoms. The van der Waals surface area contributed by atoms with Gasteiger partial charge in [-0.15, -0.1) is 0 Å². The lowest BCUT2D eigenvalue weighted by molar-refractivity contribution is -0.144. The molecule has 0 fully saturated rings. The molecule has 0 bridgehead atoms. The number of hydrogen-bond donors (Lipinski definition) is 1. The molecule has 1 atom stereocenters. The van der Waals surface area contributed by atoms with E-state index >= 15 is 0 Å². The summed E-state index contributed by atoms with van der Waals surface area (Å²) in [5.41, 5.74) is 0.753. The van der Waals surface area contributed by atoms with E-state index in [-0.39, 0.29) is 19.6 Å². The van der Waals surface area contributed by atoms with Crippen molar-refractivity contribution in [2.75, 3.05) is 0 Å². The zero-order valence-electron chi connectivity index (χ0n) is 22.0. The summed E-state index contributed by atoms with van der Waals surface area (Å²) in [6, 6.07) is 20.4. The van der Waals surface area contributed by atoms with Gasteiger partial charge < -0.3 is 19.3 Å². The molecule has 3 aromatic rings. The van der Waals surface area contributed by atoms with Gasteiger partial charge in [0.25, 0.3) is 0 Å². The number of imide groups is 1. The summed E-state index contributed by atoms with van der Waals surface area (Å²) < 4.78 is 14.3. The average Bonchev–Trinajstić information content (AvgIpc) is 2.87. The summed E-state index contributed by atoms with van der Waals surface area (Å²) in [6.07, 6.45) is -2.67. The standard InChI is InChI=1S/C29H28BrCl2NO7/c1-28(2,3)40-27(37)33(26(36)39-17-20-8-5-4-6-9-20)29(30,25(34)35)16-19-12-14-21(15-13-19)38-18-22-23(31)10-7-11-24(22)32/h4-15H,16-18H2,1-3H3,(H,34,35)/t29-/m0/s1. The van der Waals surface area contributed by atoms with E-state index in [1.54, 1.807) is 93.6 Å². The van der Waals surface area contributed by atoms with Gasteiger partial charge in [0, 0.05) is 22.0 Å². The Hall–Kier alpha value is -3.27. The second-order valence-electron chi connectivity index (χ2n) is 9.73. The average molecular weight is 653 g/mol. The zero-order chi connectivity index (χ0) is 29.5.